The highest BCUT2D eigenvalue weighted by Gasteiger charge is 2.14. The molecule has 3 nitrogen and oxygen atoms in total. The van der Waals surface area contributed by atoms with Crippen LogP contribution >= 0.6 is 22.6 Å². The minimum atomic E-state index is -0.633. The van der Waals surface area contributed by atoms with Gasteiger partial charge in [0, 0.05) is 9.13 Å². The van der Waals surface area contributed by atoms with Gasteiger partial charge in [0.1, 0.15) is 6.04 Å². The van der Waals surface area contributed by atoms with Crippen LogP contribution in [-0.4, -0.2) is 5.91 Å². The molecule has 1 N–H and O–H groups in total. The quantitative estimate of drug-likeness (QED) is 0.852. The van der Waals surface area contributed by atoms with E-state index >= 15 is 0 Å². The molecule has 0 aliphatic rings. The minimum Gasteiger partial charge on any atom is -0.333 e. The van der Waals surface area contributed by atoms with Gasteiger partial charge in [0.2, 0.25) is 0 Å². The first-order valence-corrected chi connectivity index (χ1v) is 6.79. The minimum absolute atomic E-state index is 0.242. The van der Waals surface area contributed by atoms with Crippen LogP contribution in [0.3, 0.4) is 0 Å². The van der Waals surface area contributed by atoms with Gasteiger partial charge in [0.25, 0.3) is 5.91 Å². The zero-order valence-corrected chi connectivity index (χ0v) is 12.2. The Morgan fingerprint density at radius 3 is 2.53 bits per heavy atom. The molecule has 0 aliphatic carbocycles. The van der Waals surface area contributed by atoms with Crippen molar-refractivity contribution in [1.29, 1.82) is 5.26 Å². The van der Waals surface area contributed by atoms with E-state index in [2.05, 4.69) is 34.0 Å². The molecule has 0 fully saturated rings. The van der Waals surface area contributed by atoms with E-state index in [1.165, 1.54) is 0 Å². The number of nitrogens with one attached hydrogen (secondary N) is 1. The maximum absolute atomic E-state index is 12.1. The SMILES string of the molecule is N#CC(NC(=O)c1cccc(I)c1)c1ccccc1. The number of amides is 1. The predicted molar refractivity (Wildman–Crippen MR) is 81.4 cm³/mol. The summed E-state index contributed by atoms with van der Waals surface area (Å²) in [6, 6.07) is 17.9. The summed E-state index contributed by atoms with van der Waals surface area (Å²) in [4.78, 5) is 12.1. The van der Waals surface area contributed by atoms with Crippen LogP contribution in [0.4, 0.5) is 0 Å². The van der Waals surface area contributed by atoms with Crippen molar-refractivity contribution < 1.29 is 4.79 Å². The number of hydrogen-bond acceptors (Lipinski definition) is 2. The highest BCUT2D eigenvalue weighted by atomic mass is 127. The van der Waals surface area contributed by atoms with E-state index in [4.69, 9.17) is 5.26 Å². The molecule has 2 rings (SSSR count). The Kier molecular flexibility index (Phi) is 4.53. The number of carbonyl (C=O) groups excluding carboxylic acids is 1. The van der Waals surface area contributed by atoms with Crippen LogP contribution in [0.25, 0.3) is 0 Å². The van der Waals surface area contributed by atoms with Crippen LogP contribution in [0, 0.1) is 14.9 Å². The Morgan fingerprint density at radius 2 is 1.89 bits per heavy atom. The Labute approximate surface area is 125 Å². The molecule has 4 heteroatoms. The molecule has 1 atom stereocenters. The van der Waals surface area contributed by atoms with Crippen LogP contribution in [0.5, 0.6) is 0 Å². The van der Waals surface area contributed by atoms with Gasteiger partial charge in [-0.25, -0.2) is 0 Å². The molecule has 94 valence electrons. The summed E-state index contributed by atoms with van der Waals surface area (Å²) in [5.41, 5.74) is 1.34. The zero-order chi connectivity index (χ0) is 13.7. The molecule has 0 spiro atoms. The van der Waals surface area contributed by atoms with Crippen molar-refractivity contribution in [1.82, 2.24) is 5.32 Å². The lowest BCUT2D eigenvalue weighted by Gasteiger charge is -2.12. The Balaban J connectivity index is 2.16. The van der Waals surface area contributed by atoms with Crippen LogP contribution < -0.4 is 5.32 Å². The number of rotatable bonds is 3. The van der Waals surface area contributed by atoms with E-state index in [-0.39, 0.29) is 5.91 Å². The lowest BCUT2D eigenvalue weighted by atomic mass is 10.1. The summed E-state index contributed by atoms with van der Waals surface area (Å²) in [7, 11) is 0. The van der Waals surface area contributed by atoms with E-state index in [1.807, 2.05) is 42.5 Å². The van der Waals surface area contributed by atoms with Crippen LogP contribution in [0.2, 0.25) is 0 Å². The number of nitrogens with zero attached hydrogens (tertiary/aromatic N) is 1. The molecule has 0 radical (unpaired) electrons. The summed E-state index contributed by atoms with van der Waals surface area (Å²) >= 11 is 2.15. The first kappa shape index (κ1) is 13.6. The summed E-state index contributed by atoms with van der Waals surface area (Å²) in [5, 5.41) is 11.9. The second-order valence-corrected chi connectivity index (χ2v) is 5.20. The Morgan fingerprint density at radius 1 is 1.16 bits per heavy atom. The fourth-order valence-corrected chi connectivity index (χ4v) is 2.22. The van der Waals surface area contributed by atoms with E-state index in [1.54, 1.807) is 12.1 Å². The summed E-state index contributed by atoms with van der Waals surface area (Å²) in [6.45, 7) is 0. The van der Waals surface area contributed by atoms with Crippen LogP contribution in [-0.2, 0) is 0 Å². The van der Waals surface area contributed by atoms with Gasteiger partial charge in [-0.05, 0) is 46.4 Å². The molecule has 2 aromatic carbocycles. The number of nitriles is 1. The lowest BCUT2D eigenvalue weighted by Crippen LogP contribution is -2.27. The largest absolute Gasteiger partial charge is 0.333 e. The maximum Gasteiger partial charge on any atom is 0.252 e. The van der Waals surface area contributed by atoms with Crippen LogP contribution in [0.15, 0.2) is 54.6 Å². The fourth-order valence-electron chi connectivity index (χ4n) is 1.68. The highest BCUT2D eigenvalue weighted by molar-refractivity contribution is 14.1. The zero-order valence-electron chi connectivity index (χ0n) is 10.0. The topological polar surface area (TPSA) is 52.9 Å². The standard InChI is InChI=1S/C15H11IN2O/c16-13-8-4-7-12(9-13)15(19)18-14(10-17)11-5-2-1-3-6-11/h1-9,14H,(H,18,19). The second-order valence-electron chi connectivity index (χ2n) is 3.96. The van der Waals surface area contributed by atoms with Gasteiger partial charge in [-0.1, -0.05) is 36.4 Å². The van der Waals surface area contributed by atoms with E-state index < -0.39 is 6.04 Å². The number of halogens is 1. The van der Waals surface area contributed by atoms with E-state index in [9.17, 15) is 4.79 Å². The van der Waals surface area contributed by atoms with Gasteiger partial charge in [-0.2, -0.15) is 5.26 Å². The molecule has 0 aliphatic heterocycles. The van der Waals surface area contributed by atoms with Gasteiger partial charge in [0.15, 0.2) is 0 Å². The Bertz CT molecular complexity index is 620. The molecule has 1 unspecified atom stereocenters. The maximum atomic E-state index is 12.1. The van der Waals surface area contributed by atoms with Crippen molar-refractivity contribution in [3.8, 4) is 6.07 Å². The lowest BCUT2D eigenvalue weighted by molar-refractivity contribution is 0.0945. The van der Waals surface area contributed by atoms with Gasteiger partial charge in [-0.15, -0.1) is 0 Å². The van der Waals surface area contributed by atoms with Gasteiger partial charge in [-0.3, -0.25) is 4.79 Å². The fraction of sp³-hybridized carbons (Fsp3) is 0.0667. The molecule has 2 aromatic rings. The molecule has 1 amide bonds. The first-order valence-electron chi connectivity index (χ1n) is 5.71. The number of benzene rings is 2. The third-order valence-electron chi connectivity index (χ3n) is 2.62. The summed E-state index contributed by atoms with van der Waals surface area (Å²) in [6.07, 6.45) is 0. The second kappa shape index (κ2) is 6.34. The molecule has 0 bridgehead atoms. The average molecular weight is 362 g/mol. The van der Waals surface area contributed by atoms with Gasteiger partial charge >= 0.3 is 0 Å². The number of carbonyl (C=O) groups is 1. The Hall–Kier alpha value is -1.87. The molecular weight excluding hydrogens is 351 g/mol. The molecule has 0 heterocycles. The molecule has 19 heavy (non-hydrogen) atoms. The normalized spacial score (nSPS) is 11.4. The van der Waals surface area contributed by atoms with Crippen molar-refractivity contribution in [2.75, 3.05) is 0 Å². The summed E-state index contributed by atoms with van der Waals surface area (Å²) in [5.74, 6) is -0.242. The molecular formula is C15H11IN2O. The third-order valence-corrected chi connectivity index (χ3v) is 3.30. The predicted octanol–water partition coefficient (Wildman–Crippen LogP) is 3.29. The molecule has 0 saturated heterocycles. The molecule has 0 saturated carbocycles. The van der Waals surface area contributed by atoms with Crippen molar-refractivity contribution in [2.45, 2.75) is 6.04 Å². The third kappa shape index (κ3) is 3.55. The average Bonchev–Trinajstić information content (AvgIpc) is 2.45. The van der Waals surface area contributed by atoms with Gasteiger partial charge in [0.05, 0.1) is 6.07 Å². The van der Waals surface area contributed by atoms with Gasteiger partial charge < -0.3 is 5.32 Å². The summed E-state index contributed by atoms with van der Waals surface area (Å²) < 4.78 is 0.985. The van der Waals surface area contributed by atoms with E-state index in [0.29, 0.717) is 5.56 Å². The highest BCUT2D eigenvalue weighted by Crippen LogP contribution is 2.13. The molecule has 0 aromatic heterocycles. The number of hydrogen-bond donors (Lipinski definition) is 1. The van der Waals surface area contributed by atoms with Crippen LogP contribution in [0.1, 0.15) is 22.0 Å². The monoisotopic (exact) mass is 362 g/mol. The van der Waals surface area contributed by atoms with Crippen molar-refractivity contribution >= 4 is 28.5 Å². The smallest absolute Gasteiger partial charge is 0.252 e. The first-order chi connectivity index (χ1) is 9.20. The van der Waals surface area contributed by atoms with Crippen molar-refractivity contribution in [3.63, 3.8) is 0 Å². The van der Waals surface area contributed by atoms with Crippen molar-refractivity contribution in [3.05, 3.63) is 69.3 Å². The van der Waals surface area contributed by atoms with Crippen molar-refractivity contribution in [2.24, 2.45) is 0 Å². The van der Waals surface area contributed by atoms with E-state index in [0.717, 1.165) is 9.13 Å².